The Bertz CT molecular complexity index is 1000. The average Bonchev–Trinajstić information content (AvgIpc) is 2.68. The number of thioether (sulfide) groups is 1. The third-order valence-electron chi connectivity index (χ3n) is 4.20. The van der Waals surface area contributed by atoms with E-state index in [1.54, 1.807) is 22.8 Å². The van der Waals surface area contributed by atoms with E-state index in [9.17, 15) is 9.90 Å². The molecule has 0 amide bonds. The van der Waals surface area contributed by atoms with Crippen LogP contribution in [0, 0.1) is 6.92 Å². The summed E-state index contributed by atoms with van der Waals surface area (Å²) in [6, 6.07) is 12.8. The van der Waals surface area contributed by atoms with Crippen molar-refractivity contribution in [1.29, 1.82) is 0 Å². The molecule has 5 nitrogen and oxygen atoms in total. The topological polar surface area (TPSA) is 64.3 Å². The first-order valence-corrected chi connectivity index (χ1v) is 10.5. The fourth-order valence-corrected chi connectivity index (χ4v) is 3.85. The molecule has 148 valence electrons. The summed E-state index contributed by atoms with van der Waals surface area (Å²) in [7, 11) is 0. The lowest BCUT2D eigenvalue weighted by Gasteiger charge is -2.15. The zero-order valence-corrected chi connectivity index (χ0v) is 17.5. The Hall–Kier alpha value is -2.02. The molecule has 0 saturated carbocycles. The number of hydrogen-bond donors (Lipinski definition) is 1. The average molecular weight is 419 g/mol. The van der Waals surface area contributed by atoms with Gasteiger partial charge < -0.3 is 9.84 Å². The summed E-state index contributed by atoms with van der Waals surface area (Å²) >= 11 is 7.40. The van der Waals surface area contributed by atoms with Crippen molar-refractivity contribution in [3.8, 4) is 5.75 Å². The summed E-state index contributed by atoms with van der Waals surface area (Å²) in [5.74, 6) is 1.09. The van der Waals surface area contributed by atoms with Gasteiger partial charge in [0.05, 0.1) is 17.0 Å². The molecule has 0 bridgehead atoms. The number of halogens is 1. The van der Waals surface area contributed by atoms with Crippen LogP contribution >= 0.6 is 23.4 Å². The van der Waals surface area contributed by atoms with Crippen molar-refractivity contribution in [3.63, 3.8) is 0 Å². The highest BCUT2D eigenvalue weighted by Gasteiger charge is 2.14. The van der Waals surface area contributed by atoms with Crippen molar-refractivity contribution < 1.29 is 9.84 Å². The van der Waals surface area contributed by atoms with Crippen LogP contribution < -0.4 is 10.3 Å². The first-order valence-electron chi connectivity index (χ1n) is 9.18. The third-order valence-corrected chi connectivity index (χ3v) is 5.55. The fraction of sp³-hybridized carbons (Fsp3) is 0.333. The summed E-state index contributed by atoms with van der Waals surface area (Å²) in [5, 5.41) is 12.0. The lowest BCUT2D eigenvalue weighted by molar-refractivity contribution is 0.126. The minimum absolute atomic E-state index is 0.0867. The van der Waals surface area contributed by atoms with Crippen LogP contribution in [0.3, 0.4) is 0 Å². The van der Waals surface area contributed by atoms with E-state index in [1.807, 2.05) is 38.1 Å². The highest BCUT2D eigenvalue weighted by atomic mass is 35.5. The van der Waals surface area contributed by atoms with Crippen LogP contribution in [0.5, 0.6) is 5.75 Å². The Kier molecular flexibility index (Phi) is 6.99. The zero-order chi connectivity index (χ0) is 20.1. The lowest BCUT2D eigenvalue weighted by atomic mass is 10.2. The maximum absolute atomic E-state index is 12.8. The van der Waals surface area contributed by atoms with Gasteiger partial charge in [-0.2, -0.15) is 0 Å². The van der Waals surface area contributed by atoms with Crippen LogP contribution in [0.15, 0.2) is 52.4 Å². The number of nitrogens with zero attached hydrogens (tertiary/aromatic N) is 2. The predicted molar refractivity (Wildman–Crippen MR) is 115 cm³/mol. The van der Waals surface area contributed by atoms with Crippen LogP contribution in [-0.2, 0) is 6.54 Å². The van der Waals surface area contributed by atoms with Gasteiger partial charge in [-0.15, -0.1) is 0 Å². The summed E-state index contributed by atoms with van der Waals surface area (Å²) in [6.45, 7) is 4.77. The van der Waals surface area contributed by atoms with Crippen LogP contribution in [-0.4, -0.2) is 33.1 Å². The fourth-order valence-electron chi connectivity index (χ4n) is 2.75. The van der Waals surface area contributed by atoms with Gasteiger partial charge in [0, 0.05) is 17.3 Å². The van der Waals surface area contributed by atoms with Gasteiger partial charge in [-0.1, -0.05) is 48.0 Å². The maximum atomic E-state index is 12.8. The molecule has 1 heterocycles. The number of ether oxygens (including phenoxy) is 1. The number of aromatic nitrogens is 2. The summed E-state index contributed by atoms with van der Waals surface area (Å²) < 4.78 is 7.29. The molecule has 0 radical (unpaired) electrons. The van der Waals surface area contributed by atoms with Crippen molar-refractivity contribution in [2.45, 2.75) is 38.1 Å². The van der Waals surface area contributed by atoms with Gasteiger partial charge in [-0.25, -0.2) is 4.98 Å². The van der Waals surface area contributed by atoms with Crippen molar-refractivity contribution in [2.75, 3.05) is 12.4 Å². The van der Waals surface area contributed by atoms with Crippen molar-refractivity contribution in [3.05, 3.63) is 63.4 Å². The Morgan fingerprint density at radius 3 is 2.71 bits per heavy atom. The Labute approximate surface area is 173 Å². The van der Waals surface area contributed by atoms with Gasteiger partial charge in [0.15, 0.2) is 5.16 Å². The minimum atomic E-state index is -0.687. The van der Waals surface area contributed by atoms with E-state index in [0.717, 1.165) is 17.7 Å². The summed E-state index contributed by atoms with van der Waals surface area (Å²) in [6.07, 6.45) is 0.126. The van der Waals surface area contributed by atoms with E-state index in [1.165, 1.54) is 11.8 Å². The van der Waals surface area contributed by atoms with Crippen LogP contribution in [0.2, 0.25) is 5.02 Å². The van der Waals surface area contributed by atoms with Crippen LogP contribution in [0.1, 0.15) is 18.9 Å². The molecular formula is C21H23ClN2O3S. The predicted octanol–water partition coefficient (Wildman–Crippen LogP) is 4.30. The molecule has 7 heteroatoms. The molecule has 0 aliphatic rings. The lowest BCUT2D eigenvalue weighted by Crippen LogP contribution is -2.25. The van der Waals surface area contributed by atoms with E-state index >= 15 is 0 Å². The van der Waals surface area contributed by atoms with Crippen molar-refractivity contribution in [2.24, 2.45) is 0 Å². The smallest absolute Gasteiger partial charge is 0.262 e. The number of aliphatic hydroxyl groups excluding tert-OH is 1. The molecule has 0 unspecified atom stereocenters. The summed E-state index contributed by atoms with van der Waals surface area (Å²) in [5.41, 5.74) is 1.63. The number of fused-ring (bicyclic) bond motifs is 1. The Morgan fingerprint density at radius 1 is 1.25 bits per heavy atom. The van der Waals surface area contributed by atoms with E-state index in [4.69, 9.17) is 16.3 Å². The maximum Gasteiger partial charge on any atom is 0.262 e. The van der Waals surface area contributed by atoms with Gasteiger partial charge in [0.2, 0.25) is 0 Å². The van der Waals surface area contributed by atoms with E-state index in [2.05, 4.69) is 4.98 Å². The molecule has 0 aliphatic carbocycles. The molecule has 3 aromatic rings. The molecule has 3 rings (SSSR count). The molecule has 0 fully saturated rings. The van der Waals surface area contributed by atoms with Gasteiger partial charge >= 0.3 is 0 Å². The number of benzene rings is 2. The summed E-state index contributed by atoms with van der Waals surface area (Å²) in [4.78, 5) is 17.4. The molecular weight excluding hydrogens is 396 g/mol. The number of rotatable bonds is 8. The first kappa shape index (κ1) is 20.7. The van der Waals surface area contributed by atoms with Gasteiger partial charge in [0.1, 0.15) is 12.4 Å². The SMILES string of the molecule is CCCn1c(SC[C@@H](O)COc2ccc(C)cc2)nc2cc(Cl)ccc2c1=O. The number of aliphatic hydroxyl groups is 1. The monoisotopic (exact) mass is 418 g/mol. The van der Waals surface area contributed by atoms with E-state index in [-0.39, 0.29) is 12.2 Å². The first-order chi connectivity index (χ1) is 13.5. The quantitative estimate of drug-likeness (QED) is 0.436. The highest BCUT2D eigenvalue weighted by Crippen LogP contribution is 2.21. The zero-order valence-electron chi connectivity index (χ0n) is 15.9. The van der Waals surface area contributed by atoms with Gasteiger partial charge in [-0.05, 0) is 43.7 Å². The molecule has 0 spiro atoms. The minimum Gasteiger partial charge on any atom is -0.491 e. The second-order valence-electron chi connectivity index (χ2n) is 6.60. The Balaban J connectivity index is 1.72. The van der Waals surface area contributed by atoms with Gasteiger partial charge in [-0.3, -0.25) is 9.36 Å². The largest absolute Gasteiger partial charge is 0.491 e. The van der Waals surface area contributed by atoms with E-state index in [0.29, 0.717) is 33.4 Å². The Morgan fingerprint density at radius 2 is 2.00 bits per heavy atom. The molecule has 1 atom stereocenters. The van der Waals surface area contributed by atoms with Crippen LogP contribution in [0.25, 0.3) is 10.9 Å². The number of aryl methyl sites for hydroxylation is 1. The highest BCUT2D eigenvalue weighted by molar-refractivity contribution is 7.99. The molecule has 0 aliphatic heterocycles. The molecule has 2 aromatic carbocycles. The van der Waals surface area contributed by atoms with Crippen molar-refractivity contribution in [1.82, 2.24) is 9.55 Å². The normalized spacial score (nSPS) is 12.3. The van der Waals surface area contributed by atoms with Gasteiger partial charge in [0.25, 0.3) is 5.56 Å². The molecule has 0 saturated heterocycles. The standard InChI is InChI=1S/C21H23ClN2O3S/c1-3-10-24-20(26)18-9-6-15(22)11-19(18)23-21(24)28-13-16(25)12-27-17-7-4-14(2)5-8-17/h4-9,11,16,25H,3,10,12-13H2,1-2H3/t16-/m0/s1. The van der Waals surface area contributed by atoms with E-state index < -0.39 is 6.10 Å². The molecule has 28 heavy (non-hydrogen) atoms. The second-order valence-corrected chi connectivity index (χ2v) is 8.03. The number of hydrogen-bond acceptors (Lipinski definition) is 5. The third kappa shape index (κ3) is 5.07. The van der Waals surface area contributed by atoms with Crippen LogP contribution in [0.4, 0.5) is 0 Å². The molecule has 1 N–H and O–H groups in total. The van der Waals surface area contributed by atoms with Crippen molar-refractivity contribution >= 4 is 34.3 Å². The second kappa shape index (κ2) is 9.45. The molecule has 1 aromatic heterocycles.